The molecule has 0 fully saturated rings. The Bertz CT molecular complexity index is 1390. The number of rotatable bonds is 11. The monoisotopic (exact) mass is 525 g/mol. The second-order valence-electron chi connectivity index (χ2n) is 10.2. The summed E-state index contributed by atoms with van der Waals surface area (Å²) in [6.07, 6.45) is 5.20. The molecule has 2 aliphatic rings. The Morgan fingerprint density at radius 2 is 1.69 bits per heavy atom. The van der Waals surface area contributed by atoms with Crippen LogP contribution in [-0.4, -0.2) is 35.0 Å². The number of aromatic nitrogens is 2. The summed E-state index contributed by atoms with van der Waals surface area (Å²) >= 11 is 0. The number of hydrogen-bond donors (Lipinski definition) is 0. The Kier molecular flexibility index (Phi) is 7.41. The summed E-state index contributed by atoms with van der Waals surface area (Å²) in [5, 5.41) is 0. The minimum absolute atomic E-state index is 0.278. The van der Waals surface area contributed by atoms with Crippen molar-refractivity contribution in [3.05, 3.63) is 89.2 Å². The maximum Gasteiger partial charge on any atom is 0.231 e. The van der Waals surface area contributed by atoms with E-state index in [9.17, 15) is 0 Å². The smallest absolute Gasteiger partial charge is 0.231 e. The van der Waals surface area contributed by atoms with Crippen molar-refractivity contribution >= 4 is 0 Å². The lowest BCUT2D eigenvalue weighted by molar-refractivity contribution is 0.174. The first-order valence-corrected chi connectivity index (χ1v) is 13.7. The standard InChI is InChI=1S/C32H35N3O4/c1-3-4-14-35-26(18-33-32(35)27-7-5-6-8-28(27)36-2)21-34(19-23-9-11-25-13-15-37-30(25)16-23)20-24-10-12-29-31(17-24)39-22-38-29/h5-12,16-18H,3-4,13-15,19-22H2,1-2H3. The van der Waals surface area contributed by atoms with Gasteiger partial charge in [-0.15, -0.1) is 0 Å². The number of ether oxygens (including phenoxy) is 4. The molecule has 7 nitrogen and oxygen atoms in total. The van der Waals surface area contributed by atoms with Crippen LogP contribution in [-0.2, 0) is 32.6 Å². The molecule has 7 heteroatoms. The number of imidazole rings is 1. The van der Waals surface area contributed by atoms with E-state index in [-0.39, 0.29) is 6.79 Å². The maximum atomic E-state index is 5.87. The number of fused-ring (bicyclic) bond motifs is 2. The highest BCUT2D eigenvalue weighted by atomic mass is 16.7. The van der Waals surface area contributed by atoms with E-state index in [1.54, 1.807) is 7.11 Å². The molecule has 2 aliphatic heterocycles. The van der Waals surface area contributed by atoms with Crippen LogP contribution in [0.3, 0.4) is 0 Å². The van der Waals surface area contributed by atoms with Crippen molar-refractivity contribution in [1.29, 1.82) is 0 Å². The normalized spacial score (nSPS) is 13.5. The van der Waals surface area contributed by atoms with Gasteiger partial charge in [-0.25, -0.2) is 4.98 Å². The van der Waals surface area contributed by atoms with Gasteiger partial charge in [-0.3, -0.25) is 4.90 Å². The van der Waals surface area contributed by atoms with E-state index in [2.05, 4.69) is 52.8 Å². The van der Waals surface area contributed by atoms with Crippen LogP contribution in [0.25, 0.3) is 11.4 Å². The Labute approximate surface area is 229 Å². The first-order valence-electron chi connectivity index (χ1n) is 13.7. The van der Waals surface area contributed by atoms with Crippen molar-refractivity contribution < 1.29 is 18.9 Å². The van der Waals surface area contributed by atoms with E-state index in [1.807, 2.05) is 30.5 Å². The first-order chi connectivity index (χ1) is 19.2. The van der Waals surface area contributed by atoms with Crippen LogP contribution >= 0.6 is 0 Å². The summed E-state index contributed by atoms with van der Waals surface area (Å²) in [5.74, 6) is 4.42. The molecule has 0 N–H and O–H groups in total. The molecule has 0 amide bonds. The lowest BCUT2D eigenvalue weighted by Crippen LogP contribution is -2.24. The predicted molar refractivity (Wildman–Crippen MR) is 150 cm³/mol. The van der Waals surface area contributed by atoms with Crippen LogP contribution in [0, 0.1) is 0 Å². The molecule has 1 aromatic heterocycles. The molecule has 3 aromatic carbocycles. The second-order valence-corrected chi connectivity index (χ2v) is 10.2. The molecule has 0 atom stereocenters. The Hall–Kier alpha value is -3.97. The Balaban J connectivity index is 1.32. The fourth-order valence-corrected chi connectivity index (χ4v) is 5.41. The van der Waals surface area contributed by atoms with Gasteiger partial charge < -0.3 is 23.5 Å². The van der Waals surface area contributed by atoms with Gasteiger partial charge in [-0.05, 0) is 53.4 Å². The molecule has 0 saturated heterocycles. The average Bonchev–Trinajstić information content (AvgIpc) is 3.71. The molecule has 3 heterocycles. The molecule has 202 valence electrons. The summed E-state index contributed by atoms with van der Waals surface area (Å²) in [6.45, 7) is 6.47. The van der Waals surface area contributed by atoms with Crippen LogP contribution < -0.4 is 18.9 Å². The van der Waals surface area contributed by atoms with Crippen molar-refractivity contribution in [2.75, 3.05) is 20.5 Å². The number of benzene rings is 3. The summed E-state index contributed by atoms with van der Waals surface area (Å²) in [5.41, 5.74) is 5.91. The quantitative estimate of drug-likeness (QED) is 0.232. The topological polar surface area (TPSA) is 58.0 Å². The van der Waals surface area contributed by atoms with E-state index in [0.717, 1.165) is 86.4 Å². The fourth-order valence-electron chi connectivity index (χ4n) is 5.41. The number of unbranched alkanes of at least 4 members (excludes halogenated alkanes) is 1. The van der Waals surface area contributed by atoms with Gasteiger partial charge in [-0.2, -0.15) is 0 Å². The van der Waals surface area contributed by atoms with Gasteiger partial charge in [0.25, 0.3) is 0 Å². The molecule has 0 spiro atoms. The summed E-state index contributed by atoms with van der Waals surface area (Å²) in [6, 6.07) is 21.0. The minimum atomic E-state index is 0.278. The van der Waals surface area contributed by atoms with Gasteiger partial charge in [0.2, 0.25) is 6.79 Å². The molecule has 0 saturated carbocycles. The van der Waals surface area contributed by atoms with Gasteiger partial charge in [0.15, 0.2) is 11.5 Å². The zero-order valence-electron chi connectivity index (χ0n) is 22.7. The minimum Gasteiger partial charge on any atom is -0.496 e. The summed E-state index contributed by atoms with van der Waals surface area (Å²) in [7, 11) is 1.71. The van der Waals surface area contributed by atoms with Gasteiger partial charge in [0.1, 0.15) is 17.3 Å². The Morgan fingerprint density at radius 1 is 0.897 bits per heavy atom. The van der Waals surface area contributed by atoms with Gasteiger partial charge >= 0.3 is 0 Å². The van der Waals surface area contributed by atoms with Crippen LogP contribution in [0.5, 0.6) is 23.0 Å². The molecule has 39 heavy (non-hydrogen) atoms. The summed E-state index contributed by atoms with van der Waals surface area (Å²) < 4.78 is 25.1. The lowest BCUT2D eigenvalue weighted by Gasteiger charge is -2.24. The van der Waals surface area contributed by atoms with Crippen LogP contribution in [0.4, 0.5) is 0 Å². The molecule has 0 unspecified atom stereocenters. The molecule has 6 rings (SSSR count). The molecule has 4 aromatic rings. The van der Waals surface area contributed by atoms with Gasteiger partial charge in [0, 0.05) is 32.6 Å². The molecule has 0 bridgehead atoms. The first kappa shape index (κ1) is 25.3. The largest absolute Gasteiger partial charge is 0.496 e. The average molecular weight is 526 g/mol. The van der Waals surface area contributed by atoms with Crippen molar-refractivity contribution in [2.24, 2.45) is 0 Å². The molecular formula is C32H35N3O4. The number of nitrogens with zero attached hydrogens (tertiary/aromatic N) is 3. The highest BCUT2D eigenvalue weighted by molar-refractivity contribution is 5.65. The van der Waals surface area contributed by atoms with E-state index >= 15 is 0 Å². The third-order valence-corrected chi connectivity index (χ3v) is 7.42. The zero-order chi connectivity index (χ0) is 26.6. The van der Waals surface area contributed by atoms with Crippen LogP contribution in [0.1, 0.15) is 42.1 Å². The van der Waals surface area contributed by atoms with Crippen molar-refractivity contribution in [1.82, 2.24) is 14.5 Å². The third kappa shape index (κ3) is 5.45. The Morgan fingerprint density at radius 3 is 2.54 bits per heavy atom. The number of methoxy groups -OCH3 is 1. The summed E-state index contributed by atoms with van der Waals surface area (Å²) in [4.78, 5) is 7.37. The zero-order valence-corrected chi connectivity index (χ0v) is 22.7. The maximum absolute atomic E-state index is 5.87. The fraction of sp³-hybridized carbons (Fsp3) is 0.344. The molecule has 0 radical (unpaired) electrons. The molecular weight excluding hydrogens is 490 g/mol. The van der Waals surface area contributed by atoms with Crippen molar-refractivity contribution in [2.45, 2.75) is 52.4 Å². The highest BCUT2D eigenvalue weighted by Gasteiger charge is 2.20. The SMILES string of the molecule is CCCCn1c(CN(Cc2ccc3c(c2)OCC3)Cc2ccc3c(c2)OCO3)cnc1-c1ccccc1OC. The number of para-hydroxylation sites is 1. The predicted octanol–water partition coefficient (Wildman–Crippen LogP) is 6.22. The third-order valence-electron chi connectivity index (χ3n) is 7.42. The van der Waals surface area contributed by atoms with Gasteiger partial charge in [-0.1, -0.05) is 43.7 Å². The van der Waals surface area contributed by atoms with Crippen LogP contribution in [0.2, 0.25) is 0 Å². The highest BCUT2D eigenvalue weighted by Crippen LogP contribution is 2.34. The van der Waals surface area contributed by atoms with E-state index < -0.39 is 0 Å². The second kappa shape index (κ2) is 11.4. The van der Waals surface area contributed by atoms with Crippen molar-refractivity contribution in [3.63, 3.8) is 0 Å². The number of hydrogen-bond acceptors (Lipinski definition) is 6. The van der Waals surface area contributed by atoms with E-state index in [1.165, 1.54) is 22.4 Å². The van der Waals surface area contributed by atoms with E-state index in [0.29, 0.717) is 0 Å². The van der Waals surface area contributed by atoms with Gasteiger partial charge in [0.05, 0.1) is 31.2 Å². The lowest BCUT2D eigenvalue weighted by atomic mass is 10.1. The molecule has 0 aliphatic carbocycles. The van der Waals surface area contributed by atoms with Crippen molar-refractivity contribution in [3.8, 4) is 34.4 Å². The van der Waals surface area contributed by atoms with E-state index in [4.69, 9.17) is 23.9 Å². The van der Waals surface area contributed by atoms with Crippen LogP contribution in [0.15, 0.2) is 66.9 Å².